The van der Waals surface area contributed by atoms with E-state index in [0.717, 1.165) is 30.7 Å². The van der Waals surface area contributed by atoms with Crippen molar-refractivity contribution in [3.8, 4) is 5.75 Å². The van der Waals surface area contributed by atoms with Gasteiger partial charge in [0.2, 0.25) is 5.91 Å². The number of amides is 1. The highest BCUT2D eigenvalue weighted by Crippen LogP contribution is 2.18. The molecule has 0 aromatic heterocycles. The topological polar surface area (TPSA) is 29.5 Å². The zero-order chi connectivity index (χ0) is 13.0. The van der Waals surface area contributed by atoms with E-state index in [9.17, 15) is 4.79 Å². The molecule has 3 nitrogen and oxygen atoms in total. The molecule has 0 spiro atoms. The van der Waals surface area contributed by atoms with Crippen LogP contribution in [-0.4, -0.2) is 30.5 Å². The van der Waals surface area contributed by atoms with Crippen molar-refractivity contribution >= 4 is 5.91 Å². The zero-order valence-electron chi connectivity index (χ0n) is 11.2. The molecular weight excluding hydrogens is 226 g/mol. The van der Waals surface area contributed by atoms with Crippen molar-refractivity contribution in [3.63, 3.8) is 0 Å². The quantitative estimate of drug-likeness (QED) is 0.821. The van der Waals surface area contributed by atoms with E-state index in [4.69, 9.17) is 4.74 Å². The number of hydrogen-bond acceptors (Lipinski definition) is 2. The summed E-state index contributed by atoms with van der Waals surface area (Å²) in [5, 5.41) is 0. The second-order valence-electron chi connectivity index (χ2n) is 4.96. The van der Waals surface area contributed by atoms with E-state index in [-0.39, 0.29) is 5.91 Å². The summed E-state index contributed by atoms with van der Waals surface area (Å²) in [6, 6.07) is 8.13. The molecule has 1 aliphatic rings. The number of carbonyl (C=O) groups is 1. The van der Waals surface area contributed by atoms with Crippen molar-refractivity contribution in [1.82, 2.24) is 4.90 Å². The molecule has 1 saturated heterocycles. The van der Waals surface area contributed by atoms with E-state index in [2.05, 4.69) is 6.92 Å². The average Bonchev–Trinajstić information content (AvgIpc) is 2.40. The Morgan fingerprint density at radius 1 is 1.33 bits per heavy atom. The van der Waals surface area contributed by atoms with Crippen LogP contribution in [0.3, 0.4) is 0 Å². The number of benzene rings is 1. The minimum Gasteiger partial charge on any atom is -0.497 e. The van der Waals surface area contributed by atoms with Gasteiger partial charge in [0.25, 0.3) is 0 Å². The largest absolute Gasteiger partial charge is 0.497 e. The number of nitrogens with zero attached hydrogens (tertiary/aromatic N) is 1. The van der Waals surface area contributed by atoms with Crippen LogP contribution < -0.4 is 4.74 Å². The number of piperidine rings is 1. The van der Waals surface area contributed by atoms with Gasteiger partial charge in [-0.3, -0.25) is 4.79 Å². The summed E-state index contributed by atoms with van der Waals surface area (Å²) in [6.45, 7) is 3.06. The van der Waals surface area contributed by atoms with Gasteiger partial charge in [0.05, 0.1) is 13.5 Å². The van der Waals surface area contributed by atoms with Crippen LogP contribution in [0.25, 0.3) is 0 Å². The predicted octanol–water partition coefficient (Wildman–Crippen LogP) is 2.64. The van der Waals surface area contributed by atoms with Crippen LogP contribution in [0, 0.1) is 0 Å². The smallest absolute Gasteiger partial charge is 0.227 e. The third-order valence-corrected chi connectivity index (χ3v) is 3.64. The van der Waals surface area contributed by atoms with Crippen LogP contribution in [0.4, 0.5) is 0 Å². The average molecular weight is 247 g/mol. The molecule has 0 bridgehead atoms. The van der Waals surface area contributed by atoms with Gasteiger partial charge in [-0.25, -0.2) is 0 Å². The minimum atomic E-state index is 0.243. The lowest BCUT2D eigenvalue weighted by Gasteiger charge is -2.33. The highest BCUT2D eigenvalue weighted by Gasteiger charge is 2.22. The van der Waals surface area contributed by atoms with Gasteiger partial charge < -0.3 is 9.64 Å². The molecule has 0 aliphatic carbocycles. The van der Waals surface area contributed by atoms with E-state index in [1.54, 1.807) is 7.11 Å². The van der Waals surface area contributed by atoms with Crippen LogP contribution in [0.5, 0.6) is 5.75 Å². The maximum atomic E-state index is 12.2. The Morgan fingerprint density at radius 2 is 2.06 bits per heavy atom. The number of methoxy groups -OCH3 is 1. The van der Waals surface area contributed by atoms with Crippen LogP contribution in [-0.2, 0) is 11.2 Å². The van der Waals surface area contributed by atoms with Crippen LogP contribution >= 0.6 is 0 Å². The highest BCUT2D eigenvalue weighted by molar-refractivity contribution is 5.79. The lowest BCUT2D eigenvalue weighted by Crippen LogP contribution is -2.42. The summed E-state index contributed by atoms with van der Waals surface area (Å²) in [5.74, 6) is 1.07. The number of hydrogen-bond donors (Lipinski definition) is 0. The Hall–Kier alpha value is -1.51. The first kappa shape index (κ1) is 12.9. The highest BCUT2D eigenvalue weighted by atomic mass is 16.5. The summed E-state index contributed by atoms with van der Waals surface area (Å²) in [5.41, 5.74) is 1.05. The van der Waals surface area contributed by atoms with Gasteiger partial charge >= 0.3 is 0 Å². The Bertz CT molecular complexity index is 399. The molecule has 1 heterocycles. The molecule has 1 unspecified atom stereocenters. The standard InChI is InChI=1S/C15H21NO2/c1-12-5-3-4-10-16(12)15(17)11-13-6-8-14(18-2)9-7-13/h6-9,12H,3-5,10-11H2,1-2H3. The van der Waals surface area contributed by atoms with Gasteiger partial charge in [-0.2, -0.15) is 0 Å². The van der Waals surface area contributed by atoms with Gasteiger partial charge in [0.1, 0.15) is 5.75 Å². The summed E-state index contributed by atoms with van der Waals surface area (Å²) in [7, 11) is 1.65. The summed E-state index contributed by atoms with van der Waals surface area (Å²) >= 11 is 0. The number of likely N-dealkylation sites (tertiary alicyclic amines) is 1. The molecule has 1 aromatic carbocycles. The van der Waals surface area contributed by atoms with E-state index in [0.29, 0.717) is 12.5 Å². The second-order valence-corrected chi connectivity index (χ2v) is 4.96. The van der Waals surface area contributed by atoms with Crippen LogP contribution in [0.15, 0.2) is 24.3 Å². The van der Waals surface area contributed by atoms with Crippen molar-refractivity contribution in [2.24, 2.45) is 0 Å². The fraction of sp³-hybridized carbons (Fsp3) is 0.533. The first-order chi connectivity index (χ1) is 8.70. The van der Waals surface area contributed by atoms with E-state index in [1.807, 2.05) is 29.2 Å². The molecule has 1 aliphatic heterocycles. The normalized spacial score (nSPS) is 19.7. The molecule has 1 aromatic rings. The molecule has 0 radical (unpaired) electrons. The molecule has 0 N–H and O–H groups in total. The molecule has 18 heavy (non-hydrogen) atoms. The summed E-state index contributed by atoms with van der Waals surface area (Å²) < 4.78 is 5.11. The maximum Gasteiger partial charge on any atom is 0.227 e. The van der Waals surface area contributed by atoms with E-state index in [1.165, 1.54) is 6.42 Å². The van der Waals surface area contributed by atoms with Crippen molar-refractivity contribution in [3.05, 3.63) is 29.8 Å². The van der Waals surface area contributed by atoms with Crippen molar-refractivity contribution in [1.29, 1.82) is 0 Å². The lowest BCUT2D eigenvalue weighted by molar-refractivity contribution is -0.133. The van der Waals surface area contributed by atoms with E-state index < -0.39 is 0 Å². The predicted molar refractivity (Wildman–Crippen MR) is 71.7 cm³/mol. The number of rotatable bonds is 3. The van der Waals surface area contributed by atoms with Crippen molar-refractivity contribution in [2.45, 2.75) is 38.6 Å². The molecule has 98 valence electrons. The maximum absolute atomic E-state index is 12.2. The molecular formula is C15H21NO2. The second kappa shape index (κ2) is 5.89. The van der Waals surface area contributed by atoms with E-state index >= 15 is 0 Å². The lowest BCUT2D eigenvalue weighted by atomic mass is 10.0. The fourth-order valence-corrected chi connectivity index (χ4v) is 2.49. The monoisotopic (exact) mass is 247 g/mol. The molecule has 1 fully saturated rings. The third kappa shape index (κ3) is 3.03. The summed E-state index contributed by atoms with van der Waals surface area (Å²) in [4.78, 5) is 14.2. The Labute approximate surface area is 109 Å². The minimum absolute atomic E-state index is 0.243. The molecule has 0 saturated carbocycles. The Kier molecular flexibility index (Phi) is 4.24. The SMILES string of the molecule is COc1ccc(CC(=O)N2CCCCC2C)cc1. The van der Waals surface area contributed by atoms with Gasteiger partial charge in [0.15, 0.2) is 0 Å². The Balaban J connectivity index is 1.97. The Morgan fingerprint density at radius 3 is 2.67 bits per heavy atom. The first-order valence-corrected chi connectivity index (χ1v) is 6.63. The fourth-order valence-electron chi connectivity index (χ4n) is 2.49. The zero-order valence-corrected chi connectivity index (χ0v) is 11.2. The number of ether oxygens (including phenoxy) is 1. The van der Waals surface area contributed by atoms with Gasteiger partial charge in [-0.05, 0) is 43.9 Å². The van der Waals surface area contributed by atoms with Gasteiger partial charge in [0, 0.05) is 12.6 Å². The third-order valence-electron chi connectivity index (χ3n) is 3.64. The van der Waals surface area contributed by atoms with Crippen LogP contribution in [0.1, 0.15) is 31.7 Å². The van der Waals surface area contributed by atoms with Crippen LogP contribution in [0.2, 0.25) is 0 Å². The molecule has 2 rings (SSSR count). The first-order valence-electron chi connectivity index (χ1n) is 6.63. The van der Waals surface area contributed by atoms with Gasteiger partial charge in [-0.15, -0.1) is 0 Å². The molecule has 3 heteroatoms. The van der Waals surface area contributed by atoms with Gasteiger partial charge in [-0.1, -0.05) is 12.1 Å². The number of carbonyl (C=O) groups excluding carboxylic acids is 1. The van der Waals surface area contributed by atoms with Crippen molar-refractivity contribution in [2.75, 3.05) is 13.7 Å². The molecule has 1 amide bonds. The van der Waals surface area contributed by atoms with Crippen molar-refractivity contribution < 1.29 is 9.53 Å². The summed E-state index contributed by atoms with van der Waals surface area (Å²) in [6.07, 6.45) is 4.01. The molecule has 1 atom stereocenters.